The molecule has 4 saturated heterocycles. The molecule has 2 atom stereocenters. The minimum atomic E-state index is -5.64. The molecular formula is C34H35F11N6O10. The molecule has 61 heavy (non-hydrogen) atoms. The van der Waals surface area contributed by atoms with Gasteiger partial charge in [0, 0.05) is 32.7 Å². The van der Waals surface area contributed by atoms with Gasteiger partial charge in [-0.3, -0.25) is 14.6 Å². The summed E-state index contributed by atoms with van der Waals surface area (Å²) in [5, 5.41) is 1.66. The molecule has 4 fully saturated rings. The first-order valence-corrected chi connectivity index (χ1v) is 17.2. The molecule has 3 N–H and O–H groups in total. The third-order valence-electron chi connectivity index (χ3n) is 8.18. The molecule has 4 aliphatic rings. The second-order valence-electron chi connectivity index (χ2n) is 12.1. The number of hydrogen-bond donors (Lipinski definition) is 2. The van der Waals surface area contributed by atoms with Crippen LogP contribution in [-0.2, 0) is 37.8 Å². The van der Waals surface area contributed by atoms with Crippen molar-refractivity contribution in [3.05, 3.63) is 61.3 Å². The monoisotopic (exact) mass is 896 g/mol. The summed E-state index contributed by atoms with van der Waals surface area (Å²) in [6.45, 7) is 13.6. The van der Waals surface area contributed by atoms with E-state index in [1.165, 1.54) is 29.2 Å². The fourth-order valence-corrected chi connectivity index (χ4v) is 5.58. The number of cyclic esters (lactones) is 2. The number of nitrogens with one attached hydrogen (secondary N) is 1. The molecule has 2 aromatic carbocycles. The number of morpholine rings is 2. The Bertz CT molecular complexity index is 1770. The van der Waals surface area contributed by atoms with Gasteiger partial charge in [0.15, 0.2) is 0 Å². The number of carbonyl (C=O) groups excluding carboxylic acids is 3. The summed E-state index contributed by atoms with van der Waals surface area (Å²) in [6.07, 6.45) is -18.9. The van der Waals surface area contributed by atoms with E-state index in [2.05, 4.69) is 13.3 Å². The van der Waals surface area contributed by atoms with Gasteiger partial charge in [0.05, 0.1) is 68.8 Å². The summed E-state index contributed by atoms with van der Waals surface area (Å²) in [5.74, 6) is -2.99. The molecule has 0 saturated carbocycles. The number of alkyl halides is 9. The van der Waals surface area contributed by atoms with Crippen molar-refractivity contribution in [2.45, 2.75) is 31.1 Å². The van der Waals surface area contributed by atoms with E-state index in [9.17, 15) is 62.7 Å². The number of hydrogen-bond acceptors (Lipinski definition) is 11. The van der Waals surface area contributed by atoms with E-state index in [0.717, 1.165) is 4.90 Å². The Morgan fingerprint density at radius 2 is 1.08 bits per heavy atom. The molecule has 0 aromatic heterocycles. The summed E-state index contributed by atoms with van der Waals surface area (Å²) in [5.41, 5.74) is 7.11. The van der Waals surface area contributed by atoms with E-state index in [1.54, 1.807) is 22.2 Å². The Labute approximate surface area is 338 Å². The van der Waals surface area contributed by atoms with Crippen LogP contribution in [0.5, 0.6) is 0 Å². The molecule has 4 aliphatic heterocycles. The summed E-state index contributed by atoms with van der Waals surface area (Å²) in [6, 6.07) is 9.02. The Hall–Kier alpha value is -5.40. The standard InChI is InChI=1S/C16H17F4N3O4.C14H18FN3O3.C2F6O.2CO/c17-12-7-10(1-2-13(12)22-3-5-26-6-4-22)23-9-11(27-15(23)25)8-21-14(24)16(18,19)20;15-12-7-10(18-9-11(8-16)21-14(18)19)1-2-13(12)17-3-5-20-6-4-17;3-1(4,5)9-2(6,7)8;2*1-2/h1-2,7,11H,3-6,8-9H2,(H,21,24);1-2,7,11H,3-6,8-9,16H2;;;/t2*11-;;;/m00.../s1. The second kappa shape index (κ2) is 23.6. The van der Waals surface area contributed by atoms with Gasteiger partial charge in [0.1, 0.15) is 23.8 Å². The van der Waals surface area contributed by atoms with Crippen LogP contribution in [-0.4, -0.2) is 128 Å². The Morgan fingerprint density at radius 1 is 0.705 bits per heavy atom. The van der Waals surface area contributed by atoms with Crippen molar-refractivity contribution in [3.8, 4) is 0 Å². The van der Waals surface area contributed by atoms with Gasteiger partial charge < -0.3 is 39.8 Å². The van der Waals surface area contributed by atoms with Gasteiger partial charge in [0.2, 0.25) is 0 Å². The molecule has 0 spiro atoms. The predicted molar refractivity (Wildman–Crippen MR) is 183 cm³/mol. The number of carbonyl (C=O) groups is 3. The maximum atomic E-state index is 14.5. The molecule has 4 heterocycles. The molecule has 0 unspecified atom stereocenters. The molecule has 338 valence electrons. The van der Waals surface area contributed by atoms with Gasteiger partial charge in [-0.05, 0) is 36.4 Å². The van der Waals surface area contributed by atoms with E-state index in [1.807, 2.05) is 9.80 Å². The Balaban J connectivity index is 0.000000334. The first kappa shape index (κ1) is 51.7. The van der Waals surface area contributed by atoms with Crippen molar-refractivity contribution in [2.75, 3.05) is 98.4 Å². The summed E-state index contributed by atoms with van der Waals surface area (Å²) >= 11 is 0. The quantitative estimate of drug-likeness (QED) is 0.225. The van der Waals surface area contributed by atoms with Crippen molar-refractivity contribution in [2.24, 2.45) is 5.73 Å². The minimum absolute atomic E-state index is 0.104. The third-order valence-corrected chi connectivity index (χ3v) is 8.18. The van der Waals surface area contributed by atoms with Gasteiger partial charge in [0.25, 0.3) is 0 Å². The van der Waals surface area contributed by atoms with Crippen LogP contribution in [0.4, 0.5) is 80.6 Å². The molecule has 16 nitrogen and oxygen atoms in total. The molecule has 3 amide bonds. The predicted octanol–water partition coefficient (Wildman–Crippen LogP) is 4.58. The van der Waals surface area contributed by atoms with Gasteiger partial charge >= 0.3 is 59.6 Å². The number of rotatable bonds is 7. The molecule has 0 radical (unpaired) electrons. The van der Waals surface area contributed by atoms with E-state index < -0.39 is 55.5 Å². The first-order chi connectivity index (χ1) is 28.6. The van der Waals surface area contributed by atoms with Crippen LogP contribution in [0.15, 0.2) is 36.4 Å². The topological polar surface area (TPSA) is 188 Å². The molecule has 0 bridgehead atoms. The number of anilines is 4. The average molecular weight is 897 g/mol. The number of ether oxygens (including phenoxy) is 5. The maximum absolute atomic E-state index is 14.5. The molecule has 6 rings (SSSR count). The zero-order chi connectivity index (χ0) is 46.1. The van der Waals surface area contributed by atoms with Crippen LogP contribution in [0.25, 0.3) is 0 Å². The number of amides is 3. The van der Waals surface area contributed by atoms with Crippen molar-refractivity contribution in [1.82, 2.24) is 5.32 Å². The van der Waals surface area contributed by atoms with E-state index in [4.69, 9.17) is 34.0 Å². The number of nitrogens with zero attached hydrogens (tertiary/aromatic N) is 4. The number of halogens is 11. The molecular weight excluding hydrogens is 861 g/mol. The fourth-order valence-electron chi connectivity index (χ4n) is 5.58. The van der Waals surface area contributed by atoms with Gasteiger partial charge in [-0.2, -0.15) is 17.9 Å². The third kappa shape index (κ3) is 16.5. The second-order valence-corrected chi connectivity index (χ2v) is 12.1. The van der Waals surface area contributed by atoms with Crippen LogP contribution in [0.2, 0.25) is 0 Å². The van der Waals surface area contributed by atoms with Crippen LogP contribution in [0.3, 0.4) is 0 Å². The summed E-state index contributed by atoms with van der Waals surface area (Å²) in [7, 11) is 0. The van der Waals surface area contributed by atoms with Crippen LogP contribution in [0.1, 0.15) is 0 Å². The number of nitrogens with two attached hydrogens (primary N) is 1. The fraction of sp³-hybridized carbons (Fsp3) is 0.500. The summed E-state index contributed by atoms with van der Waals surface area (Å²) in [4.78, 5) is 40.8. The first-order valence-electron chi connectivity index (χ1n) is 17.2. The molecule has 2 aromatic rings. The van der Waals surface area contributed by atoms with Crippen molar-refractivity contribution in [1.29, 1.82) is 0 Å². The van der Waals surface area contributed by atoms with Crippen molar-refractivity contribution in [3.63, 3.8) is 0 Å². The molecule has 27 heteroatoms. The molecule has 0 aliphatic carbocycles. The van der Waals surface area contributed by atoms with Crippen LogP contribution >= 0.6 is 0 Å². The van der Waals surface area contributed by atoms with E-state index in [-0.39, 0.29) is 30.7 Å². The van der Waals surface area contributed by atoms with E-state index in [0.29, 0.717) is 76.2 Å². The average Bonchev–Trinajstić information content (AvgIpc) is 3.79. The van der Waals surface area contributed by atoms with Crippen LogP contribution < -0.4 is 30.7 Å². The van der Waals surface area contributed by atoms with Crippen LogP contribution in [0, 0.1) is 24.9 Å². The zero-order valence-corrected chi connectivity index (χ0v) is 31.2. The van der Waals surface area contributed by atoms with Gasteiger partial charge in [-0.1, -0.05) is 0 Å². The SMILES string of the molecule is FC(F)(F)OC(F)(F)F.NC[C@H]1CN(c2ccc(N3CCOCC3)c(F)c2)C(=O)O1.O=C1O[C@@H](CNC(=O)C(F)(F)F)CN1c1ccc(N2CCOCC2)c(F)c1.[C-]#[O+].[C-]#[O+]. The normalized spacial score (nSPS) is 19.0. The van der Waals surface area contributed by atoms with E-state index >= 15 is 0 Å². The van der Waals surface area contributed by atoms with Crippen molar-refractivity contribution < 1.29 is 95.7 Å². The van der Waals surface area contributed by atoms with Crippen molar-refractivity contribution >= 4 is 40.8 Å². The Kier molecular flexibility index (Phi) is 20.0. The number of benzene rings is 2. The van der Waals surface area contributed by atoms with Gasteiger partial charge in [-0.25, -0.2) is 18.4 Å². The zero-order valence-electron chi connectivity index (χ0n) is 31.2. The van der Waals surface area contributed by atoms with Gasteiger partial charge in [-0.15, -0.1) is 26.3 Å². The summed E-state index contributed by atoms with van der Waals surface area (Å²) < 4.78 is 166. The Morgan fingerprint density at radius 3 is 1.39 bits per heavy atom.